The van der Waals surface area contributed by atoms with Crippen LogP contribution < -0.4 is 0 Å². The summed E-state index contributed by atoms with van der Waals surface area (Å²) in [5, 5.41) is 0. The zero-order valence-corrected chi connectivity index (χ0v) is 10.7. The standard InChI is InChI=1S/C8H5Br3O/c9-7-4-2-1-3-6(7)8(10,11)5-12/h1-5H. The minimum absolute atomic E-state index is 0.778. The smallest absolute Gasteiger partial charge is 0.161 e. The van der Waals surface area contributed by atoms with E-state index in [1.807, 2.05) is 24.3 Å². The molecule has 0 radical (unpaired) electrons. The SMILES string of the molecule is O=CC(Br)(Br)c1ccccc1Br. The maximum Gasteiger partial charge on any atom is 0.161 e. The average molecular weight is 357 g/mol. The molecule has 0 fully saturated rings. The first-order valence-electron chi connectivity index (χ1n) is 3.17. The summed E-state index contributed by atoms with van der Waals surface area (Å²) in [6, 6.07) is 7.52. The highest BCUT2D eigenvalue weighted by atomic mass is 79.9. The van der Waals surface area contributed by atoms with Gasteiger partial charge < -0.3 is 4.79 Å². The summed E-state index contributed by atoms with van der Waals surface area (Å²) in [7, 11) is 0. The van der Waals surface area contributed by atoms with Crippen molar-refractivity contribution in [1.29, 1.82) is 0 Å². The molecule has 0 atom stereocenters. The van der Waals surface area contributed by atoms with Crippen molar-refractivity contribution in [2.24, 2.45) is 0 Å². The van der Waals surface area contributed by atoms with Crippen LogP contribution in [0.1, 0.15) is 5.56 Å². The van der Waals surface area contributed by atoms with Gasteiger partial charge in [-0.2, -0.15) is 0 Å². The Kier molecular flexibility index (Phi) is 3.49. The summed E-state index contributed by atoms with van der Waals surface area (Å²) >= 11 is 9.87. The number of aldehydes is 1. The second-order valence-electron chi connectivity index (χ2n) is 2.22. The summed E-state index contributed by atoms with van der Waals surface area (Å²) in [6.45, 7) is 0. The van der Waals surface area contributed by atoms with Gasteiger partial charge in [0, 0.05) is 10.0 Å². The van der Waals surface area contributed by atoms with Gasteiger partial charge >= 0.3 is 0 Å². The van der Waals surface area contributed by atoms with Crippen LogP contribution in [0.15, 0.2) is 28.7 Å². The molecule has 0 saturated heterocycles. The van der Waals surface area contributed by atoms with Gasteiger partial charge in [-0.25, -0.2) is 0 Å². The van der Waals surface area contributed by atoms with Crippen LogP contribution in [0.3, 0.4) is 0 Å². The molecule has 0 N–H and O–H groups in total. The number of rotatable bonds is 2. The number of halogens is 3. The number of carbonyl (C=O) groups excluding carboxylic acids is 1. The van der Waals surface area contributed by atoms with Crippen molar-refractivity contribution in [3.8, 4) is 0 Å². The fraction of sp³-hybridized carbons (Fsp3) is 0.125. The van der Waals surface area contributed by atoms with Crippen LogP contribution in [0.5, 0.6) is 0 Å². The molecule has 0 aromatic heterocycles. The summed E-state index contributed by atoms with van der Waals surface area (Å²) in [6.07, 6.45) is 0.799. The zero-order chi connectivity index (χ0) is 9.19. The minimum Gasteiger partial charge on any atom is -0.300 e. The van der Waals surface area contributed by atoms with E-state index in [1.54, 1.807) is 0 Å². The van der Waals surface area contributed by atoms with E-state index < -0.39 is 3.23 Å². The molecule has 1 rings (SSSR count). The van der Waals surface area contributed by atoms with E-state index in [9.17, 15) is 4.79 Å². The summed E-state index contributed by atoms with van der Waals surface area (Å²) in [4.78, 5) is 10.7. The first kappa shape index (κ1) is 10.4. The Bertz CT molecular complexity index is 296. The minimum atomic E-state index is -0.778. The van der Waals surface area contributed by atoms with E-state index in [2.05, 4.69) is 47.8 Å². The second-order valence-corrected chi connectivity index (χ2v) is 6.64. The van der Waals surface area contributed by atoms with E-state index in [1.165, 1.54) is 0 Å². The quantitative estimate of drug-likeness (QED) is 0.584. The lowest BCUT2D eigenvalue weighted by atomic mass is 10.2. The lowest BCUT2D eigenvalue weighted by Gasteiger charge is -2.14. The Morgan fingerprint density at radius 2 is 1.83 bits per heavy atom. The van der Waals surface area contributed by atoms with Crippen LogP contribution in [-0.2, 0) is 8.03 Å². The van der Waals surface area contributed by atoms with Gasteiger partial charge in [-0.1, -0.05) is 66.0 Å². The van der Waals surface area contributed by atoms with Crippen LogP contribution in [0.2, 0.25) is 0 Å². The number of hydrogen-bond donors (Lipinski definition) is 0. The topological polar surface area (TPSA) is 17.1 Å². The lowest BCUT2D eigenvalue weighted by molar-refractivity contribution is -0.107. The van der Waals surface area contributed by atoms with Crippen molar-refractivity contribution in [1.82, 2.24) is 0 Å². The Hall–Kier alpha value is 0.330. The third-order valence-corrected chi connectivity index (χ3v) is 3.30. The molecule has 0 bridgehead atoms. The van der Waals surface area contributed by atoms with Gasteiger partial charge in [0.2, 0.25) is 0 Å². The normalized spacial score (nSPS) is 11.2. The first-order valence-corrected chi connectivity index (χ1v) is 5.55. The van der Waals surface area contributed by atoms with E-state index >= 15 is 0 Å². The number of carbonyl (C=O) groups is 1. The largest absolute Gasteiger partial charge is 0.300 e. The molecule has 64 valence electrons. The van der Waals surface area contributed by atoms with Crippen LogP contribution in [-0.4, -0.2) is 6.29 Å². The highest BCUT2D eigenvalue weighted by Crippen LogP contribution is 2.39. The molecule has 12 heavy (non-hydrogen) atoms. The number of benzene rings is 1. The number of alkyl halides is 2. The third-order valence-electron chi connectivity index (χ3n) is 1.38. The number of hydrogen-bond acceptors (Lipinski definition) is 1. The first-order chi connectivity index (χ1) is 5.58. The molecule has 0 aliphatic rings. The molecule has 1 nitrogen and oxygen atoms in total. The molecule has 1 aromatic carbocycles. The lowest BCUT2D eigenvalue weighted by Crippen LogP contribution is -2.10. The highest BCUT2D eigenvalue weighted by Gasteiger charge is 2.26. The molecule has 0 heterocycles. The van der Waals surface area contributed by atoms with E-state index in [4.69, 9.17) is 0 Å². The Morgan fingerprint density at radius 3 is 2.33 bits per heavy atom. The second kappa shape index (κ2) is 4.03. The molecule has 0 amide bonds. The molecular formula is C8H5Br3O. The molecule has 0 unspecified atom stereocenters. The van der Waals surface area contributed by atoms with Crippen LogP contribution in [0.4, 0.5) is 0 Å². The van der Waals surface area contributed by atoms with E-state index in [0.717, 1.165) is 16.3 Å². The van der Waals surface area contributed by atoms with Crippen LogP contribution in [0, 0.1) is 0 Å². The molecule has 0 saturated carbocycles. The van der Waals surface area contributed by atoms with E-state index in [-0.39, 0.29) is 0 Å². The van der Waals surface area contributed by atoms with E-state index in [0.29, 0.717) is 0 Å². The Morgan fingerprint density at radius 1 is 1.25 bits per heavy atom. The van der Waals surface area contributed by atoms with Crippen molar-refractivity contribution < 1.29 is 4.79 Å². The van der Waals surface area contributed by atoms with Gasteiger partial charge in [0.25, 0.3) is 0 Å². The molecule has 0 aliphatic heterocycles. The van der Waals surface area contributed by atoms with Crippen molar-refractivity contribution in [3.05, 3.63) is 34.3 Å². The Balaban J connectivity index is 3.19. The summed E-state index contributed by atoms with van der Waals surface area (Å²) < 4.78 is 0.117. The van der Waals surface area contributed by atoms with Crippen molar-refractivity contribution in [2.45, 2.75) is 3.23 Å². The fourth-order valence-electron chi connectivity index (χ4n) is 0.795. The third kappa shape index (κ3) is 2.18. The predicted molar refractivity (Wildman–Crippen MR) is 59.7 cm³/mol. The van der Waals surface area contributed by atoms with Gasteiger partial charge in [0.05, 0.1) is 0 Å². The van der Waals surface area contributed by atoms with Crippen molar-refractivity contribution >= 4 is 54.1 Å². The summed E-state index contributed by atoms with van der Waals surface area (Å²) in [5.74, 6) is 0. The van der Waals surface area contributed by atoms with Gasteiger partial charge in [0.15, 0.2) is 9.52 Å². The zero-order valence-electron chi connectivity index (χ0n) is 5.93. The fourth-order valence-corrected chi connectivity index (χ4v) is 2.62. The average Bonchev–Trinajstić information content (AvgIpc) is 2.05. The highest BCUT2D eigenvalue weighted by molar-refractivity contribution is 9.25. The Labute approximate surface area is 95.9 Å². The van der Waals surface area contributed by atoms with Crippen molar-refractivity contribution in [3.63, 3.8) is 0 Å². The maximum atomic E-state index is 10.7. The van der Waals surface area contributed by atoms with Gasteiger partial charge in [-0.3, -0.25) is 0 Å². The predicted octanol–water partition coefficient (Wildman–Crippen LogP) is 3.59. The molecule has 0 aliphatic carbocycles. The van der Waals surface area contributed by atoms with Gasteiger partial charge in [0.1, 0.15) is 0 Å². The molecular weight excluding hydrogens is 352 g/mol. The van der Waals surface area contributed by atoms with Gasteiger partial charge in [-0.15, -0.1) is 0 Å². The van der Waals surface area contributed by atoms with Crippen LogP contribution >= 0.6 is 47.8 Å². The molecule has 4 heteroatoms. The monoisotopic (exact) mass is 354 g/mol. The van der Waals surface area contributed by atoms with Crippen molar-refractivity contribution in [2.75, 3.05) is 0 Å². The molecule has 0 spiro atoms. The molecule has 1 aromatic rings. The maximum absolute atomic E-state index is 10.7. The summed E-state index contributed by atoms with van der Waals surface area (Å²) in [5.41, 5.74) is 0.861. The van der Waals surface area contributed by atoms with Gasteiger partial charge in [-0.05, 0) is 6.07 Å². The van der Waals surface area contributed by atoms with Crippen LogP contribution in [0.25, 0.3) is 0 Å².